The second kappa shape index (κ2) is 6.23. The van der Waals surface area contributed by atoms with Crippen molar-refractivity contribution in [3.63, 3.8) is 0 Å². The van der Waals surface area contributed by atoms with Gasteiger partial charge in [-0.25, -0.2) is 0 Å². The lowest BCUT2D eigenvalue weighted by Gasteiger charge is -2.23. The van der Waals surface area contributed by atoms with Gasteiger partial charge in [0.2, 0.25) is 0 Å². The zero-order valence-electron chi connectivity index (χ0n) is 10.8. The number of carbonyl (C=O) groups is 1. The summed E-state index contributed by atoms with van der Waals surface area (Å²) >= 11 is 0. The first-order chi connectivity index (χ1) is 9.45. The molecule has 1 amide bonds. The Balaban J connectivity index is 1.93. The highest BCUT2D eigenvalue weighted by Gasteiger charge is 2.30. The van der Waals surface area contributed by atoms with Crippen molar-refractivity contribution in [1.82, 2.24) is 0 Å². The molecule has 1 aliphatic rings. The van der Waals surface area contributed by atoms with Crippen LogP contribution in [0.2, 0.25) is 0 Å². The second-order valence-electron chi connectivity index (χ2n) is 4.67. The summed E-state index contributed by atoms with van der Waals surface area (Å²) in [6.45, 7) is 2.91. The third-order valence-corrected chi connectivity index (χ3v) is 3.08. The van der Waals surface area contributed by atoms with Crippen molar-refractivity contribution >= 4 is 11.6 Å². The smallest absolute Gasteiger partial charge is 0.370 e. The van der Waals surface area contributed by atoms with E-state index in [1.165, 1.54) is 12.1 Å². The molecule has 1 fully saturated rings. The maximum absolute atomic E-state index is 12.5. The minimum atomic E-state index is -4.41. The first-order valence-electron chi connectivity index (χ1n) is 6.33. The van der Waals surface area contributed by atoms with Crippen molar-refractivity contribution in [3.05, 3.63) is 29.8 Å². The van der Waals surface area contributed by atoms with Gasteiger partial charge in [0.25, 0.3) is 5.91 Å². The summed E-state index contributed by atoms with van der Waals surface area (Å²) in [4.78, 5) is 12.9. The lowest BCUT2D eigenvalue weighted by molar-refractivity contribution is -0.899. The molecule has 20 heavy (non-hydrogen) atoms. The van der Waals surface area contributed by atoms with E-state index in [4.69, 9.17) is 4.74 Å². The molecular weight excluding hydrogens is 273 g/mol. The van der Waals surface area contributed by atoms with Crippen molar-refractivity contribution in [1.29, 1.82) is 0 Å². The van der Waals surface area contributed by atoms with Gasteiger partial charge in [0, 0.05) is 5.69 Å². The van der Waals surface area contributed by atoms with Crippen molar-refractivity contribution in [2.75, 3.05) is 38.2 Å². The fourth-order valence-corrected chi connectivity index (χ4v) is 2.04. The lowest BCUT2D eigenvalue weighted by atomic mass is 10.2. The van der Waals surface area contributed by atoms with Crippen molar-refractivity contribution in [2.24, 2.45) is 0 Å². The molecule has 2 rings (SSSR count). The summed E-state index contributed by atoms with van der Waals surface area (Å²) in [5.74, 6) is -0.291. The van der Waals surface area contributed by atoms with Crippen LogP contribution in [0.25, 0.3) is 0 Å². The normalized spacial score (nSPS) is 16.9. The summed E-state index contributed by atoms with van der Waals surface area (Å²) in [5, 5.41) is 2.50. The van der Waals surface area contributed by atoms with E-state index in [-0.39, 0.29) is 18.1 Å². The van der Waals surface area contributed by atoms with Crippen molar-refractivity contribution < 1.29 is 27.6 Å². The van der Waals surface area contributed by atoms with Gasteiger partial charge in [-0.05, 0) is 18.2 Å². The zero-order chi connectivity index (χ0) is 14.6. The predicted octanol–water partition coefficient (Wildman–Crippen LogP) is 0.559. The molecule has 0 aliphatic carbocycles. The second-order valence-corrected chi connectivity index (χ2v) is 4.67. The fraction of sp³-hybridized carbons (Fsp3) is 0.462. The molecule has 1 heterocycles. The molecule has 2 N–H and O–H groups in total. The van der Waals surface area contributed by atoms with Gasteiger partial charge in [-0.2, -0.15) is 13.2 Å². The summed E-state index contributed by atoms with van der Waals surface area (Å²) in [5.41, 5.74) is -0.605. The number of amides is 1. The number of alkyl halides is 3. The Bertz CT molecular complexity index is 471. The van der Waals surface area contributed by atoms with Crippen LogP contribution in [0.1, 0.15) is 5.56 Å². The summed E-state index contributed by atoms with van der Waals surface area (Å²) in [6.07, 6.45) is -4.41. The molecular formula is C13H16F3N2O2+. The molecule has 0 radical (unpaired) electrons. The van der Waals surface area contributed by atoms with Crippen molar-refractivity contribution in [3.8, 4) is 0 Å². The summed E-state index contributed by atoms with van der Waals surface area (Å²) in [7, 11) is 0. The van der Waals surface area contributed by atoms with E-state index in [0.717, 1.165) is 30.1 Å². The molecule has 0 saturated carbocycles. The van der Waals surface area contributed by atoms with Crippen LogP contribution in [-0.4, -0.2) is 38.8 Å². The molecule has 1 aliphatic heterocycles. The first kappa shape index (κ1) is 14.8. The van der Waals surface area contributed by atoms with Gasteiger partial charge >= 0.3 is 6.18 Å². The SMILES string of the molecule is O=C(C[NH+]1CCOCC1)Nc1cccc(C(F)(F)F)c1. The minimum Gasteiger partial charge on any atom is -0.370 e. The van der Waals surface area contributed by atoms with E-state index in [1.54, 1.807) is 0 Å². The summed E-state index contributed by atoms with van der Waals surface area (Å²) < 4.78 is 42.8. The van der Waals surface area contributed by atoms with Gasteiger partial charge in [0.15, 0.2) is 6.54 Å². The highest BCUT2D eigenvalue weighted by molar-refractivity contribution is 5.91. The van der Waals surface area contributed by atoms with Crippen LogP contribution < -0.4 is 10.2 Å². The molecule has 0 bridgehead atoms. The average Bonchev–Trinajstić information content (AvgIpc) is 2.39. The van der Waals surface area contributed by atoms with Crippen LogP contribution in [0, 0.1) is 0 Å². The molecule has 1 saturated heterocycles. The van der Waals surface area contributed by atoms with Gasteiger partial charge in [-0.15, -0.1) is 0 Å². The molecule has 0 atom stereocenters. The Hall–Kier alpha value is -1.60. The number of quaternary nitrogens is 1. The summed E-state index contributed by atoms with van der Waals surface area (Å²) in [6, 6.07) is 4.64. The molecule has 1 aromatic rings. The Morgan fingerprint density at radius 1 is 1.30 bits per heavy atom. The Morgan fingerprint density at radius 2 is 2.00 bits per heavy atom. The van der Waals surface area contributed by atoms with E-state index in [2.05, 4.69) is 5.32 Å². The monoisotopic (exact) mass is 289 g/mol. The third kappa shape index (κ3) is 4.21. The number of hydrogen-bond acceptors (Lipinski definition) is 2. The molecule has 4 nitrogen and oxygen atoms in total. The Kier molecular flexibility index (Phi) is 4.61. The third-order valence-electron chi connectivity index (χ3n) is 3.08. The molecule has 0 unspecified atom stereocenters. The largest absolute Gasteiger partial charge is 0.416 e. The molecule has 110 valence electrons. The highest BCUT2D eigenvalue weighted by Crippen LogP contribution is 2.30. The van der Waals surface area contributed by atoms with E-state index >= 15 is 0 Å². The van der Waals surface area contributed by atoms with Gasteiger partial charge in [-0.3, -0.25) is 4.79 Å². The van der Waals surface area contributed by atoms with Crippen molar-refractivity contribution in [2.45, 2.75) is 6.18 Å². The average molecular weight is 289 g/mol. The molecule has 7 heteroatoms. The number of hydrogen-bond donors (Lipinski definition) is 2. The number of benzene rings is 1. The van der Waals surface area contributed by atoms with Crippen LogP contribution >= 0.6 is 0 Å². The maximum Gasteiger partial charge on any atom is 0.416 e. The van der Waals surface area contributed by atoms with E-state index in [9.17, 15) is 18.0 Å². The Labute approximate surface area is 114 Å². The molecule has 0 aromatic heterocycles. The van der Waals surface area contributed by atoms with Crippen LogP contribution in [0.5, 0.6) is 0 Å². The number of nitrogens with one attached hydrogen (secondary N) is 2. The van der Waals surface area contributed by atoms with Gasteiger partial charge < -0.3 is 15.0 Å². The van der Waals surface area contributed by atoms with Crippen LogP contribution in [0.4, 0.5) is 18.9 Å². The fourth-order valence-electron chi connectivity index (χ4n) is 2.04. The number of anilines is 1. The van der Waals surface area contributed by atoms with E-state index in [1.807, 2.05) is 0 Å². The van der Waals surface area contributed by atoms with Crippen LogP contribution in [0.15, 0.2) is 24.3 Å². The lowest BCUT2D eigenvalue weighted by Crippen LogP contribution is -3.15. The predicted molar refractivity (Wildman–Crippen MR) is 66.5 cm³/mol. The van der Waals surface area contributed by atoms with Crippen LogP contribution in [0.3, 0.4) is 0 Å². The van der Waals surface area contributed by atoms with Gasteiger partial charge in [0.05, 0.1) is 18.8 Å². The van der Waals surface area contributed by atoms with E-state index in [0.29, 0.717) is 13.2 Å². The number of carbonyl (C=O) groups excluding carboxylic acids is 1. The molecule has 0 spiro atoms. The topological polar surface area (TPSA) is 42.8 Å². The first-order valence-corrected chi connectivity index (χ1v) is 6.33. The number of ether oxygens (including phenoxy) is 1. The number of halogens is 3. The van der Waals surface area contributed by atoms with Gasteiger partial charge in [0.1, 0.15) is 13.1 Å². The number of rotatable bonds is 3. The highest BCUT2D eigenvalue weighted by atomic mass is 19.4. The molecule has 1 aromatic carbocycles. The van der Waals surface area contributed by atoms with Crippen LogP contribution in [-0.2, 0) is 15.7 Å². The zero-order valence-corrected chi connectivity index (χ0v) is 10.8. The maximum atomic E-state index is 12.5. The number of morpholine rings is 1. The Morgan fingerprint density at radius 3 is 2.65 bits per heavy atom. The quantitative estimate of drug-likeness (QED) is 0.854. The van der Waals surface area contributed by atoms with E-state index < -0.39 is 11.7 Å². The standard InChI is InChI=1S/C13H15F3N2O2/c14-13(15,16)10-2-1-3-11(8-10)17-12(19)9-18-4-6-20-7-5-18/h1-3,8H,4-7,9H2,(H,17,19)/p+1. The minimum absolute atomic E-state index is 0.164. The van der Waals surface area contributed by atoms with Gasteiger partial charge in [-0.1, -0.05) is 6.07 Å².